The maximum atomic E-state index is 9.87. The van der Waals surface area contributed by atoms with Crippen LogP contribution in [-0.4, -0.2) is 0 Å². The van der Waals surface area contributed by atoms with Gasteiger partial charge >= 0.3 is 66.0 Å². The maximum Gasteiger partial charge on any atom is 0 e. The number of benzene rings is 4. The Balaban J connectivity index is -0.000000193. The third-order valence-electron chi connectivity index (χ3n) is 2.67. The minimum Gasteiger partial charge on any atom is -0.0623 e. The molecular formula is C24H24F12P2Tc2-2. The van der Waals surface area contributed by atoms with Gasteiger partial charge in [0.1, 0.15) is 0 Å². The molecule has 0 nitrogen and oxygen atoms in total. The molecule has 0 fully saturated rings. The van der Waals surface area contributed by atoms with Crippen LogP contribution >= 0.6 is 15.6 Å². The second kappa shape index (κ2) is 17.9. The normalized spacial score (nSPS) is 12.9. The van der Waals surface area contributed by atoms with Crippen molar-refractivity contribution in [3.8, 4) is 0 Å². The van der Waals surface area contributed by atoms with Gasteiger partial charge in [-0.25, -0.2) is 0 Å². The second-order valence-corrected chi connectivity index (χ2v) is 10.4. The summed E-state index contributed by atoms with van der Waals surface area (Å²) in [6.45, 7) is 0. The summed E-state index contributed by atoms with van der Waals surface area (Å²) in [5.41, 5.74) is 0. The average Bonchev–Trinajstić information content (AvgIpc) is 2.81. The molecule has 0 aliphatic carbocycles. The van der Waals surface area contributed by atoms with Gasteiger partial charge in [-0.1, -0.05) is 146 Å². The van der Waals surface area contributed by atoms with Gasteiger partial charge in [-0.15, -0.1) is 0 Å². The third-order valence-corrected chi connectivity index (χ3v) is 2.67. The van der Waals surface area contributed by atoms with Crippen molar-refractivity contribution in [1.82, 2.24) is 0 Å². The van der Waals surface area contributed by atoms with Gasteiger partial charge in [0, 0.05) is 40.2 Å². The fourth-order valence-electron chi connectivity index (χ4n) is 1.54. The van der Waals surface area contributed by atoms with Crippen molar-refractivity contribution in [3.63, 3.8) is 0 Å². The Bertz CT molecular complexity index is 786. The van der Waals surface area contributed by atoms with Crippen molar-refractivity contribution in [2.24, 2.45) is 0 Å². The summed E-state index contributed by atoms with van der Waals surface area (Å²) in [4.78, 5) is 0. The van der Waals surface area contributed by atoms with E-state index in [0.717, 1.165) is 0 Å². The number of halogens is 12. The molecule has 0 atom stereocenters. The van der Waals surface area contributed by atoms with Gasteiger partial charge < -0.3 is 0 Å². The Kier molecular flexibility index (Phi) is 20.2. The zero-order valence-electron chi connectivity index (χ0n) is 20.0. The van der Waals surface area contributed by atoms with E-state index < -0.39 is 15.6 Å². The van der Waals surface area contributed by atoms with Crippen molar-refractivity contribution < 1.29 is 90.6 Å². The molecule has 0 aromatic heterocycles. The fourth-order valence-corrected chi connectivity index (χ4v) is 1.54. The van der Waals surface area contributed by atoms with E-state index in [2.05, 4.69) is 0 Å². The summed E-state index contributed by atoms with van der Waals surface area (Å²) in [5.74, 6) is 0. The van der Waals surface area contributed by atoms with Crippen molar-refractivity contribution >= 4 is 15.6 Å². The smallest absolute Gasteiger partial charge is 0 e. The van der Waals surface area contributed by atoms with Crippen molar-refractivity contribution in [3.05, 3.63) is 146 Å². The molecule has 4 rings (SSSR count). The van der Waals surface area contributed by atoms with E-state index in [1.807, 2.05) is 146 Å². The van der Waals surface area contributed by atoms with Crippen LogP contribution in [0.15, 0.2) is 146 Å². The Morgan fingerprint density at radius 3 is 0.225 bits per heavy atom. The van der Waals surface area contributed by atoms with Crippen LogP contribution < -0.4 is 0 Å². The number of rotatable bonds is 0. The summed E-state index contributed by atoms with van der Waals surface area (Å²) in [6, 6.07) is 48.0. The van der Waals surface area contributed by atoms with Gasteiger partial charge in [-0.2, -0.15) is 0 Å². The van der Waals surface area contributed by atoms with Crippen LogP contribution in [0.3, 0.4) is 0 Å². The first-order valence-electron chi connectivity index (χ1n) is 10.0. The van der Waals surface area contributed by atoms with Crippen molar-refractivity contribution in [2.75, 3.05) is 0 Å². The minimum atomic E-state index is -10.7. The van der Waals surface area contributed by atoms with E-state index in [1.165, 1.54) is 0 Å². The molecule has 16 heteroatoms. The summed E-state index contributed by atoms with van der Waals surface area (Å²) in [7, 11) is -21.3. The van der Waals surface area contributed by atoms with E-state index in [0.29, 0.717) is 0 Å². The Labute approximate surface area is 251 Å². The molecule has 0 aliphatic heterocycles. The topological polar surface area (TPSA) is 0 Å². The van der Waals surface area contributed by atoms with Crippen LogP contribution in [0.4, 0.5) is 50.4 Å². The Morgan fingerprint density at radius 1 is 0.175 bits per heavy atom. The van der Waals surface area contributed by atoms with Crippen LogP contribution in [0.2, 0.25) is 0 Å². The van der Waals surface area contributed by atoms with Gasteiger partial charge in [0.15, 0.2) is 0 Å². The standard InChI is InChI=1S/4C6H6.2F6P.2Tc/c4*1-2-4-6-5-3-1;2*1-7(2,3,4,5)6;;/h4*1-6H;;;;/q;;;;2*-1;;. The predicted molar refractivity (Wildman–Crippen MR) is 133 cm³/mol. The summed E-state index contributed by atoms with van der Waals surface area (Å²) in [6.07, 6.45) is 0. The molecule has 230 valence electrons. The molecule has 0 saturated carbocycles. The van der Waals surface area contributed by atoms with Gasteiger partial charge in [-0.05, 0) is 0 Å². The van der Waals surface area contributed by atoms with Gasteiger partial charge in [0.2, 0.25) is 0 Å². The molecule has 0 heterocycles. The average molecular weight is 798 g/mol. The molecule has 0 amide bonds. The fraction of sp³-hybridized carbons (Fsp3) is 0. The van der Waals surface area contributed by atoms with Gasteiger partial charge in [0.05, 0.1) is 0 Å². The molecule has 2 radical (unpaired) electrons. The maximum absolute atomic E-state index is 10.7. The first kappa shape index (κ1) is 45.2. The molecular weight excluding hydrogens is 774 g/mol. The zero-order chi connectivity index (χ0) is 29.8. The van der Waals surface area contributed by atoms with E-state index in [9.17, 15) is 50.4 Å². The van der Waals surface area contributed by atoms with Crippen LogP contribution in [0, 0.1) is 0 Å². The minimum absolute atomic E-state index is 0. The quantitative estimate of drug-likeness (QED) is 0.123. The van der Waals surface area contributed by atoms with E-state index in [4.69, 9.17) is 0 Å². The molecule has 0 saturated heterocycles. The third kappa shape index (κ3) is 91.0. The monoisotopic (exact) mass is 796 g/mol. The summed E-state index contributed by atoms with van der Waals surface area (Å²) < 4.78 is 118. The second-order valence-electron chi connectivity index (χ2n) is 6.54. The summed E-state index contributed by atoms with van der Waals surface area (Å²) in [5, 5.41) is 0. The van der Waals surface area contributed by atoms with E-state index >= 15 is 0 Å². The molecule has 4 aromatic carbocycles. The van der Waals surface area contributed by atoms with Crippen LogP contribution in [0.25, 0.3) is 0 Å². The molecule has 0 N–H and O–H groups in total. The number of hydrogen-bond acceptors (Lipinski definition) is 0. The van der Waals surface area contributed by atoms with Gasteiger partial charge in [-0.3, -0.25) is 0 Å². The summed E-state index contributed by atoms with van der Waals surface area (Å²) >= 11 is 0. The van der Waals surface area contributed by atoms with Crippen molar-refractivity contribution in [2.45, 2.75) is 0 Å². The van der Waals surface area contributed by atoms with E-state index in [1.54, 1.807) is 0 Å². The molecule has 0 unspecified atom stereocenters. The first-order valence-corrected chi connectivity index (χ1v) is 14.1. The SMILES string of the molecule is F[P-](F)(F)(F)(F)F.F[P-](F)(F)(F)(F)F.[Tc].[Tc].c1ccccc1.c1ccccc1.c1ccccc1.c1ccccc1. The molecule has 40 heavy (non-hydrogen) atoms. The molecule has 4 aromatic rings. The number of hydrogen-bond donors (Lipinski definition) is 0. The van der Waals surface area contributed by atoms with Crippen molar-refractivity contribution in [1.29, 1.82) is 0 Å². The zero-order valence-corrected chi connectivity index (χ0v) is 25.5. The molecule has 0 bridgehead atoms. The predicted octanol–water partition coefficient (Wildman–Crippen LogP) is 13.5. The van der Waals surface area contributed by atoms with Crippen LogP contribution in [0.1, 0.15) is 0 Å². The van der Waals surface area contributed by atoms with Crippen LogP contribution in [0.5, 0.6) is 0 Å². The Morgan fingerprint density at radius 2 is 0.200 bits per heavy atom. The Hall–Kier alpha value is -1.80. The first-order chi connectivity index (χ1) is 16.9. The van der Waals surface area contributed by atoms with Gasteiger partial charge in [0.25, 0.3) is 0 Å². The molecule has 0 aliphatic rings. The molecule has 0 spiro atoms. The van der Waals surface area contributed by atoms with E-state index in [-0.39, 0.29) is 40.2 Å². The largest absolute Gasteiger partial charge is 0.0623 e. The van der Waals surface area contributed by atoms with Crippen LogP contribution in [-0.2, 0) is 40.2 Å².